The highest BCUT2D eigenvalue weighted by Gasteiger charge is 2.31. The maximum absolute atomic E-state index is 12.9. The summed E-state index contributed by atoms with van der Waals surface area (Å²) < 4.78 is 11.2. The molecule has 1 amide bonds. The molecular formula is C26H29N3O3S. The monoisotopic (exact) mass is 463 g/mol. The van der Waals surface area contributed by atoms with Crippen LogP contribution in [0.25, 0.3) is 11.4 Å². The van der Waals surface area contributed by atoms with Gasteiger partial charge >= 0.3 is 0 Å². The number of hydrogen-bond donors (Lipinski definition) is 1. The van der Waals surface area contributed by atoms with Gasteiger partial charge in [0.2, 0.25) is 5.91 Å². The Morgan fingerprint density at radius 2 is 1.82 bits per heavy atom. The summed E-state index contributed by atoms with van der Waals surface area (Å²) >= 11 is 1.44. The summed E-state index contributed by atoms with van der Waals surface area (Å²) in [6.45, 7) is 8.52. The summed E-state index contributed by atoms with van der Waals surface area (Å²) in [6.07, 6.45) is 0.698. The molecule has 1 aliphatic heterocycles. The Balaban J connectivity index is 1.60. The molecule has 0 radical (unpaired) electrons. The van der Waals surface area contributed by atoms with Crippen molar-refractivity contribution < 1.29 is 14.3 Å². The Hall–Kier alpha value is -2.90. The van der Waals surface area contributed by atoms with E-state index in [1.165, 1.54) is 17.3 Å². The number of aromatic nitrogens is 2. The minimum atomic E-state index is -0.355. The lowest BCUT2D eigenvalue weighted by molar-refractivity contribution is -0.115. The van der Waals surface area contributed by atoms with Crippen molar-refractivity contribution in [2.45, 2.75) is 56.6 Å². The van der Waals surface area contributed by atoms with Gasteiger partial charge in [-0.15, -0.1) is 0 Å². The average Bonchev–Trinajstić information content (AvgIpc) is 2.79. The van der Waals surface area contributed by atoms with E-state index in [9.17, 15) is 4.79 Å². The number of thioether (sulfide) groups is 1. The molecule has 1 atom stereocenters. The highest BCUT2D eigenvalue weighted by Crippen LogP contribution is 2.35. The van der Waals surface area contributed by atoms with Crippen LogP contribution in [0.15, 0.2) is 53.6 Å². The molecule has 0 saturated carbocycles. The summed E-state index contributed by atoms with van der Waals surface area (Å²) in [5.74, 6) is 1.33. The maximum atomic E-state index is 12.9. The zero-order chi connectivity index (χ0) is 23.6. The van der Waals surface area contributed by atoms with Crippen LogP contribution in [0.3, 0.4) is 0 Å². The van der Waals surface area contributed by atoms with Crippen LogP contribution in [0, 0.1) is 6.92 Å². The van der Waals surface area contributed by atoms with E-state index in [1.807, 2.05) is 43.3 Å². The summed E-state index contributed by atoms with van der Waals surface area (Å²) in [4.78, 5) is 22.6. The number of ether oxygens (including phenoxy) is 2. The quantitative estimate of drug-likeness (QED) is 0.388. The number of anilines is 1. The van der Waals surface area contributed by atoms with Crippen LogP contribution in [0.1, 0.15) is 37.6 Å². The normalized spacial score (nSPS) is 15.4. The van der Waals surface area contributed by atoms with E-state index >= 15 is 0 Å². The zero-order valence-corrected chi connectivity index (χ0v) is 20.5. The second-order valence-electron chi connectivity index (χ2n) is 8.85. The van der Waals surface area contributed by atoms with Crippen molar-refractivity contribution in [3.05, 3.63) is 65.4 Å². The molecule has 1 N–H and O–H groups in total. The second-order valence-corrected chi connectivity index (χ2v) is 10.2. The van der Waals surface area contributed by atoms with E-state index in [4.69, 9.17) is 19.4 Å². The number of methoxy groups -OCH3 is 1. The van der Waals surface area contributed by atoms with E-state index in [1.54, 1.807) is 7.11 Å². The number of carbonyl (C=O) groups is 1. The topological polar surface area (TPSA) is 73.3 Å². The summed E-state index contributed by atoms with van der Waals surface area (Å²) in [5.41, 5.74) is 4.55. The molecule has 2 heterocycles. The van der Waals surface area contributed by atoms with Crippen molar-refractivity contribution in [1.29, 1.82) is 0 Å². The number of aryl methyl sites for hydroxylation is 1. The molecule has 0 saturated heterocycles. The van der Waals surface area contributed by atoms with Gasteiger partial charge in [0.05, 0.1) is 30.3 Å². The molecular weight excluding hydrogens is 434 g/mol. The van der Waals surface area contributed by atoms with E-state index in [0.29, 0.717) is 18.9 Å². The van der Waals surface area contributed by atoms with Gasteiger partial charge in [-0.2, -0.15) is 0 Å². The minimum Gasteiger partial charge on any atom is -0.497 e. The predicted octanol–water partition coefficient (Wildman–Crippen LogP) is 5.43. The molecule has 4 rings (SSSR count). The van der Waals surface area contributed by atoms with Crippen LogP contribution < -0.4 is 10.1 Å². The average molecular weight is 464 g/mol. The first-order valence-corrected chi connectivity index (χ1v) is 11.8. The molecule has 172 valence electrons. The molecule has 1 aliphatic rings. The Morgan fingerprint density at radius 1 is 1.12 bits per heavy atom. The first-order chi connectivity index (χ1) is 15.7. The van der Waals surface area contributed by atoms with Gasteiger partial charge in [0, 0.05) is 23.2 Å². The van der Waals surface area contributed by atoms with Gasteiger partial charge in [0.15, 0.2) is 5.82 Å². The minimum absolute atomic E-state index is 0.0912. The summed E-state index contributed by atoms with van der Waals surface area (Å²) in [6, 6.07) is 15.5. The van der Waals surface area contributed by atoms with Crippen LogP contribution in [0.5, 0.6) is 5.75 Å². The standard InChI is InChI=1S/C26H29N3O3S/c1-16-6-8-18(9-7-16)23-28-22-14-26(3,4)32-15-21(22)25(29-23)33-17(2)24(30)27-19-10-12-20(31-5)13-11-19/h6-13,17H,14-15H2,1-5H3,(H,27,30). The van der Waals surface area contributed by atoms with Gasteiger partial charge in [-0.05, 0) is 52.0 Å². The Morgan fingerprint density at radius 3 is 2.48 bits per heavy atom. The van der Waals surface area contributed by atoms with Gasteiger partial charge < -0.3 is 14.8 Å². The molecule has 0 spiro atoms. The number of hydrogen-bond acceptors (Lipinski definition) is 6. The number of amides is 1. The fraction of sp³-hybridized carbons (Fsp3) is 0.346. The Kier molecular flexibility index (Phi) is 6.72. The number of nitrogens with zero attached hydrogens (tertiary/aromatic N) is 2. The Bertz CT molecular complexity index is 1140. The lowest BCUT2D eigenvalue weighted by Crippen LogP contribution is -2.33. The van der Waals surface area contributed by atoms with Crippen molar-refractivity contribution in [1.82, 2.24) is 9.97 Å². The van der Waals surface area contributed by atoms with Crippen molar-refractivity contribution in [2.75, 3.05) is 12.4 Å². The van der Waals surface area contributed by atoms with Gasteiger partial charge in [0.25, 0.3) is 0 Å². The molecule has 1 aromatic heterocycles. The van der Waals surface area contributed by atoms with E-state index in [0.717, 1.165) is 33.3 Å². The van der Waals surface area contributed by atoms with Gasteiger partial charge in [-0.3, -0.25) is 4.79 Å². The van der Waals surface area contributed by atoms with Gasteiger partial charge in [-0.25, -0.2) is 9.97 Å². The molecule has 7 heteroatoms. The maximum Gasteiger partial charge on any atom is 0.237 e. The molecule has 0 aliphatic carbocycles. The Labute approximate surface area is 199 Å². The number of fused-ring (bicyclic) bond motifs is 1. The number of carbonyl (C=O) groups excluding carboxylic acids is 1. The first kappa shape index (κ1) is 23.3. The van der Waals surface area contributed by atoms with Gasteiger partial charge in [0.1, 0.15) is 10.8 Å². The van der Waals surface area contributed by atoms with Crippen LogP contribution in [0.2, 0.25) is 0 Å². The number of benzene rings is 2. The SMILES string of the molecule is COc1ccc(NC(=O)C(C)Sc2nc(-c3ccc(C)cc3)nc3c2COC(C)(C)C3)cc1. The number of nitrogens with one attached hydrogen (secondary N) is 1. The zero-order valence-electron chi connectivity index (χ0n) is 19.6. The highest BCUT2D eigenvalue weighted by atomic mass is 32.2. The van der Waals surface area contributed by atoms with E-state index < -0.39 is 0 Å². The fourth-order valence-corrected chi connectivity index (χ4v) is 4.55. The van der Waals surface area contributed by atoms with E-state index in [-0.39, 0.29) is 16.8 Å². The third-order valence-corrected chi connectivity index (χ3v) is 6.71. The first-order valence-electron chi connectivity index (χ1n) is 11.0. The molecule has 0 bridgehead atoms. The molecule has 1 unspecified atom stereocenters. The lowest BCUT2D eigenvalue weighted by atomic mass is 9.96. The summed E-state index contributed by atoms with van der Waals surface area (Å²) in [5, 5.41) is 3.41. The predicted molar refractivity (Wildman–Crippen MR) is 132 cm³/mol. The van der Waals surface area contributed by atoms with Crippen molar-refractivity contribution >= 4 is 23.4 Å². The molecule has 6 nitrogen and oxygen atoms in total. The highest BCUT2D eigenvalue weighted by molar-refractivity contribution is 8.00. The lowest BCUT2D eigenvalue weighted by Gasteiger charge is -2.32. The fourth-order valence-electron chi connectivity index (χ4n) is 3.59. The van der Waals surface area contributed by atoms with Crippen LogP contribution in [0.4, 0.5) is 5.69 Å². The van der Waals surface area contributed by atoms with Crippen LogP contribution in [-0.2, 0) is 22.6 Å². The second kappa shape index (κ2) is 9.53. The van der Waals surface area contributed by atoms with E-state index in [2.05, 4.69) is 38.2 Å². The van der Waals surface area contributed by atoms with Crippen LogP contribution >= 0.6 is 11.8 Å². The summed E-state index contributed by atoms with van der Waals surface area (Å²) in [7, 11) is 1.62. The van der Waals surface area contributed by atoms with Crippen molar-refractivity contribution in [3.8, 4) is 17.1 Å². The third kappa shape index (κ3) is 5.54. The third-order valence-electron chi connectivity index (χ3n) is 5.58. The molecule has 0 fully saturated rings. The van der Waals surface area contributed by atoms with Crippen LogP contribution in [-0.4, -0.2) is 33.8 Å². The molecule has 33 heavy (non-hydrogen) atoms. The smallest absolute Gasteiger partial charge is 0.237 e. The molecule has 2 aromatic carbocycles. The number of rotatable bonds is 6. The van der Waals surface area contributed by atoms with Crippen molar-refractivity contribution in [2.24, 2.45) is 0 Å². The molecule has 3 aromatic rings. The van der Waals surface area contributed by atoms with Crippen molar-refractivity contribution in [3.63, 3.8) is 0 Å². The largest absolute Gasteiger partial charge is 0.497 e. The van der Waals surface area contributed by atoms with Gasteiger partial charge in [-0.1, -0.05) is 41.6 Å².